The summed E-state index contributed by atoms with van der Waals surface area (Å²) < 4.78 is 0. The van der Waals surface area contributed by atoms with E-state index in [1.54, 1.807) is 11.8 Å². The minimum atomic E-state index is 0.588. The Labute approximate surface area is 66.6 Å². The lowest BCUT2D eigenvalue weighted by atomic mass is 10.1. The van der Waals surface area contributed by atoms with Crippen LogP contribution >= 0.6 is 11.8 Å². The van der Waals surface area contributed by atoms with Crippen molar-refractivity contribution in [2.75, 3.05) is 6.26 Å². The third kappa shape index (κ3) is 1.63. The molecule has 0 saturated heterocycles. The fourth-order valence-electron chi connectivity index (χ4n) is 0.921. The van der Waals surface area contributed by atoms with Gasteiger partial charge in [-0.05, 0) is 12.2 Å². The molecule has 0 bridgehead atoms. The maximum Gasteiger partial charge on any atom is 0.0770 e. The summed E-state index contributed by atoms with van der Waals surface area (Å²) in [6, 6.07) is 0. The highest BCUT2D eigenvalue weighted by atomic mass is 32.2. The lowest BCUT2D eigenvalue weighted by molar-refractivity contribution is 0.761. The van der Waals surface area contributed by atoms with Gasteiger partial charge in [0.25, 0.3) is 0 Å². The number of aliphatic imine (C=N–C) groups is 1. The summed E-state index contributed by atoms with van der Waals surface area (Å²) in [7, 11) is 0. The predicted octanol–water partition coefficient (Wildman–Crippen LogP) is 2.69. The second kappa shape index (κ2) is 3.24. The van der Waals surface area contributed by atoms with E-state index in [9.17, 15) is 0 Å². The Bertz CT molecular complexity index is 180. The molecule has 1 rings (SSSR count). The third-order valence-electron chi connectivity index (χ3n) is 1.57. The first kappa shape index (κ1) is 7.86. The summed E-state index contributed by atoms with van der Waals surface area (Å²) in [6.45, 7) is 4.36. The Morgan fingerprint density at radius 1 is 1.60 bits per heavy atom. The first-order chi connectivity index (χ1) is 4.74. The molecule has 0 aliphatic carbocycles. The molecule has 0 saturated carbocycles. The van der Waals surface area contributed by atoms with Crippen molar-refractivity contribution in [1.82, 2.24) is 0 Å². The molecule has 1 nitrogen and oxygen atoms in total. The Morgan fingerprint density at radius 3 is 2.60 bits per heavy atom. The van der Waals surface area contributed by atoms with Crippen LogP contribution in [-0.4, -0.2) is 11.3 Å². The van der Waals surface area contributed by atoms with E-state index >= 15 is 0 Å². The van der Waals surface area contributed by atoms with Gasteiger partial charge in [-0.25, -0.2) is 0 Å². The fraction of sp³-hybridized carbons (Fsp3) is 0.625. The molecule has 10 heavy (non-hydrogen) atoms. The number of allylic oxidation sites excluding steroid dienone is 2. The maximum atomic E-state index is 4.45. The molecule has 0 radical (unpaired) electrons. The molecule has 0 aromatic carbocycles. The van der Waals surface area contributed by atoms with Gasteiger partial charge < -0.3 is 0 Å². The summed E-state index contributed by atoms with van der Waals surface area (Å²) >= 11 is 1.75. The van der Waals surface area contributed by atoms with Gasteiger partial charge in [-0.1, -0.05) is 19.9 Å². The van der Waals surface area contributed by atoms with Crippen molar-refractivity contribution in [2.24, 2.45) is 10.9 Å². The van der Waals surface area contributed by atoms with Crippen LogP contribution in [-0.2, 0) is 0 Å². The molecule has 0 aromatic heterocycles. The molecule has 2 heteroatoms. The van der Waals surface area contributed by atoms with Crippen molar-refractivity contribution >= 4 is 16.8 Å². The quantitative estimate of drug-likeness (QED) is 0.567. The highest BCUT2D eigenvalue weighted by Gasteiger charge is 2.09. The molecular formula is C8H13NS. The molecule has 1 aliphatic heterocycles. The Kier molecular flexibility index (Phi) is 2.55. The molecule has 0 spiro atoms. The summed E-state index contributed by atoms with van der Waals surface area (Å²) in [5.74, 6) is 0.588. The zero-order chi connectivity index (χ0) is 7.56. The van der Waals surface area contributed by atoms with E-state index in [4.69, 9.17) is 0 Å². The van der Waals surface area contributed by atoms with Crippen molar-refractivity contribution in [3.05, 3.63) is 11.8 Å². The zero-order valence-corrected chi connectivity index (χ0v) is 7.53. The number of thioether (sulfide) groups is 1. The Morgan fingerprint density at radius 2 is 2.30 bits per heavy atom. The van der Waals surface area contributed by atoms with E-state index in [1.807, 2.05) is 0 Å². The molecule has 56 valence electrons. The number of hydrogen-bond acceptors (Lipinski definition) is 2. The molecule has 0 amide bonds. The smallest absolute Gasteiger partial charge is 0.0770 e. The van der Waals surface area contributed by atoms with E-state index in [-0.39, 0.29) is 0 Å². The topological polar surface area (TPSA) is 12.4 Å². The van der Waals surface area contributed by atoms with Gasteiger partial charge in [0.05, 0.1) is 5.04 Å². The summed E-state index contributed by atoms with van der Waals surface area (Å²) in [6.07, 6.45) is 5.35. The van der Waals surface area contributed by atoms with Crippen molar-refractivity contribution in [1.29, 1.82) is 0 Å². The van der Waals surface area contributed by atoms with Crippen molar-refractivity contribution < 1.29 is 0 Å². The predicted molar refractivity (Wildman–Crippen MR) is 48.5 cm³/mol. The van der Waals surface area contributed by atoms with Crippen LogP contribution < -0.4 is 0 Å². The van der Waals surface area contributed by atoms with Crippen molar-refractivity contribution in [3.8, 4) is 0 Å². The zero-order valence-electron chi connectivity index (χ0n) is 6.72. The average molecular weight is 155 g/mol. The number of nitrogens with zero attached hydrogens (tertiary/aromatic N) is 1. The maximum absolute atomic E-state index is 4.45. The Balaban J connectivity index is 2.59. The van der Waals surface area contributed by atoms with Crippen LogP contribution in [0.4, 0.5) is 0 Å². The van der Waals surface area contributed by atoms with Crippen LogP contribution in [0.3, 0.4) is 0 Å². The van der Waals surface area contributed by atoms with Crippen molar-refractivity contribution in [3.63, 3.8) is 0 Å². The molecule has 0 N–H and O–H groups in total. The van der Waals surface area contributed by atoms with Gasteiger partial charge >= 0.3 is 0 Å². The number of hydrogen-bond donors (Lipinski definition) is 0. The average Bonchev–Trinajstić information content (AvgIpc) is 2.34. The van der Waals surface area contributed by atoms with E-state index in [2.05, 4.69) is 31.2 Å². The summed E-state index contributed by atoms with van der Waals surface area (Å²) in [5, 5.41) is 1.25. The van der Waals surface area contributed by atoms with Crippen LogP contribution in [0, 0.1) is 5.92 Å². The monoisotopic (exact) mass is 155 g/mol. The molecular weight excluding hydrogens is 142 g/mol. The van der Waals surface area contributed by atoms with Crippen LogP contribution in [0.5, 0.6) is 0 Å². The second-order valence-corrected chi connectivity index (χ2v) is 3.58. The lowest BCUT2D eigenvalue weighted by Crippen LogP contribution is -1.87. The molecule has 0 unspecified atom stereocenters. The van der Waals surface area contributed by atoms with E-state index in [0.717, 1.165) is 6.42 Å². The van der Waals surface area contributed by atoms with Crippen molar-refractivity contribution in [2.45, 2.75) is 20.3 Å². The highest BCUT2D eigenvalue weighted by Crippen LogP contribution is 2.22. The molecule has 0 atom stereocenters. The van der Waals surface area contributed by atoms with Gasteiger partial charge in [-0.3, -0.25) is 4.99 Å². The normalized spacial score (nSPS) is 17.6. The van der Waals surface area contributed by atoms with E-state index < -0.39 is 0 Å². The van der Waals surface area contributed by atoms with Gasteiger partial charge in [0.2, 0.25) is 0 Å². The van der Waals surface area contributed by atoms with Gasteiger partial charge in [0.15, 0.2) is 0 Å². The number of rotatable bonds is 1. The van der Waals surface area contributed by atoms with Gasteiger partial charge in [0.1, 0.15) is 0 Å². The van der Waals surface area contributed by atoms with Crippen LogP contribution in [0.1, 0.15) is 20.3 Å². The third-order valence-corrected chi connectivity index (χ3v) is 2.30. The van der Waals surface area contributed by atoms with E-state index in [0.29, 0.717) is 5.92 Å². The van der Waals surface area contributed by atoms with Crippen LogP contribution in [0.25, 0.3) is 0 Å². The van der Waals surface area contributed by atoms with E-state index in [1.165, 1.54) is 10.7 Å². The second-order valence-electron chi connectivity index (χ2n) is 2.70. The lowest BCUT2D eigenvalue weighted by Gasteiger charge is -1.99. The minimum Gasteiger partial charge on any atom is -0.251 e. The molecule has 1 aliphatic rings. The van der Waals surface area contributed by atoms with Crippen LogP contribution in [0.15, 0.2) is 16.8 Å². The summed E-state index contributed by atoms with van der Waals surface area (Å²) in [4.78, 5) is 4.45. The molecule has 0 aromatic rings. The fourth-order valence-corrected chi connectivity index (χ4v) is 1.37. The largest absolute Gasteiger partial charge is 0.251 e. The standard InChI is InChI=1S/C8H13NS/c1-6(2)7-4-5-8(9-7)10-3/h4,6H,5H2,1-3H3. The molecule has 1 heterocycles. The molecule has 0 fully saturated rings. The van der Waals surface area contributed by atoms with Gasteiger partial charge in [0, 0.05) is 12.1 Å². The summed E-state index contributed by atoms with van der Waals surface area (Å²) in [5.41, 5.74) is 1.25. The van der Waals surface area contributed by atoms with Gasteiger partial charge in [-0.2, -0.15) is 0 Å². The first-order valence-corrected chi connectivity index (χ1v) is 4.78. The van der Waals surface area contributed by atoms with Crippen LogP contribution in [0.2, 0.25) is 0 Å². The Hall–Kier alpha value is -0.240. The first-order valence-electron chi connectivity index (χ1n) is 3.55. The van der Waals surface area contributed by atoms with Gasteiger partial charge in [-0.15, -0.1) is 11.8 Å². The highest BCUT2D eigenvalue weighted by molar-refractivity contribution is 8.13. The SMILES string of the molecule is CSC1=NC(C(C)C)=CC1. The minimum absolute atomic E-state index is 0.588.